The zero-order chi connectivity index (χ0) is 19.4. The van der Waals surface area contributed by atoms with Crippen molar-refractivity contribution in [3.8, 4) is 0 Å². The molecule has 0 radical (unpaired) electrons. The van der Waals surface area contributed by atoms with Crippen molar-refractivity contribution in [1.29, 1.82) is 0 Å². The largest absolute Gasteiger partial charge is 0.452 e. The summed E-state index contributed by atoms with van der Waals surface area (Å²) < 4.78 is 5.01. The number of para-hydroxylation sites is 2. The fraction of sp³-hybridized carbons (Fsp3) is 0.200. The Kier molecular flexibility index (Phi) is 5.30. The fourth-order valence-corrected chi connectivity index (χ4v) is 3.15. The highest BCUT2D eigenvalue weighted by molar-refractivity contribution is 5.98. The van der Waals surface area contributed by atoms with E-state index >= 15 is 0 Å². The van der Waals surface area contributed by atoms with Crippen LogP contribution in [0.1, 0.15) is 18.1 Å². The van der Waals surface area contributed by atoms with Gasteiger partial charge in [0, 0.05) is 23.9 Å². The number of hydrogen-bond acceptors (Lipinski definition) is 5. The summed E-state index contributed by atoms with van der Waals surface area (Å²) in [7, 11) is 0. The second-order valence-electron chi connectivity index (χ2n) is 6.20. The summed E-state index contributed by atoms with van der Waals surface area (Å²) in [6.45, 7) is 1.55. The van der Waals surface area contributed by atoms with Gasteiger partial charge in [0.25, 0.3) is 11.6 Å². The van der Waals surface area contributed by atoms with Gasteiger partial charge in [0.05, 0.1) is 10.5 Å². The molecule has 0 saturated heterocycles. The molecule has 0 unspecified atom stereocenters. The number of rotatable bonds is 5. The average molecular weight is 366 g/mol. The van der Waals surface area contributed by atoms with Crippen molar-refractivity contribution >= 4 is 29.3 Å². The minimum atomic E-state index is -0.735. The van der Waals surface area contributed by atoms with Crippen molar-refractivity contribution in [3.05, 3.63) is 75.8 Å². The van der Waals surface area contributed by atoms with Gasteiger partial charge in [-0.2, -0.15) is 0 Å². The van der Waals surface area contributed by atoms with Crippen molar-refractivity contribution in [1.82, 2.24) is 0 Å². The molecule has 0 saturated carbocycles. The molecule has 138 valence electrons. The maximum absolute atomic E-state index is 12.5. The molecule has 1 aliphatic heterocycles. The predicted octanol–water partition coefficient (Wildman–Crippen LogP) is 3.13. The standard InChI is InChI=1S/C20H18N2O5/c1-14-12-16-7-3-4-8-17(16)21(14)19(23)13-27-20(24)11-10-15-6-2-5-9-18(15)22(25)26/h2-11,14H,12-13H2,1H3/b11-10+/t14-/m1/s1. The Morgan fingerprint density at radius 3 is 2.70 bits per heavy atom. The van der Waals surface area contributed by atoms with Crippen molar-refractivity contribution in [2.45, 2.75) is 19.4 Å². The third-order valence-corrected chi connectivity index (χ3v) is 4.35. The molecule has 1 amide bonds. The smallest absolute Gasteiger partial charge is 0.331 e. The zero-order valence-electron chi connectivity index (χ0n) is 14.7. The first-order valence-corrected chi connectivity index (χ1v) is 8.45. The van der Waals surface area contributed by atoms with Gasteiger partial charge in [-0.05, 0) is 37.1 Å². The lowest BCUT2D eigenvalue weighted by atomic mass is 10.1. The highest BCUT2D eigenvalue weighted by atomic mass is 16.6. The summed E-state index contributed by atoms with van der Waals surface area (Å²) in [5, 5.41) is 11.0. The number of anilines is 1. The van der Waals surface area contributed by atoms with E-state index in [1.807, 2.05) is 31.2 Å². The molecule has 2 aromatic carbocycles. The quantitative estimate of drug-likeness (QED) is 0.351. The molecule has 1 aliphatic rings. The third-order valence-electron chi connectivity index (χ3n) is 4.35. The number of amides is 1. The first-order chi connectivity index (χ1) is 13.0. The first-order valence-electron chi connectivity index (χ1n) is 8.45. The molecular formula is C20H18N2O5. The minimum Gasteiger partial charge on any atom is -0.452 e. The number of ether oxygens (including phenoxy) is 1. The average Bonchev–Trinajstić information content (AvgIpc) is 3.00. The molecule has 0 bridgehead atoms. The van der Waals surface area contributed by atoms with Gasteiger partial charge in [-0.3, -0.25) is 14.9 Å². The van der Waals surface area contributed by atoms with Crippen LogP contribution in [0.4, 0.5) is 11.4 Å². The van der Waals surface area contributed by atoms with Crippen LogP contribution in [0.5, 0.6) is 0 Å². The summed E-state index contributed by atoms with van der Waals surface area (Å²) in [5.74, 6) is -1.04. The number of benzene rings is 2. The highest BCUT2D eigenvalue weighted by Gasteiger charge is 2.30. The summed E-state index contributed by atoms with van der Waals surface area (Å²) in [5.41, 5.74) is 2.09. The van der Waals surface area contributed by atoms with E-state index < -0.39 is 17.5 Å². The van der Waals surface area contributed by atoms with Crippen molar-refractivity contribution in [3.63, 3.8) is 0 Å². The highest BCUT2D eigenvalue weighted by Crippen LogP contribution is 2.31. The molecule has 2 aromatic rings. The van der Waals surface area contributed by atoms with E-state index in [1.165, 1.54) is 18.2 Å². The SMILES string of the molecule is C[C@@H]1Cc2ccccc2N1C(=O)COC(=O)/C=C/c1ccccc1[N+](=O)[O-]. The third kappa shape index (κ3) is 4.03. The number of hydrogen-bond donors (Lipinski definition) is 0. The number of nitrogens with zero attached hydrogens (tertiary/aromatic N) is 2. The molecule has 1 atom stereocenters. The van der Waals surface area contributed by atoms with Crippen LogP contribution in [-0.4, -0.2) is 29.4 Å². The second kappa shape index (κ2) is 7.82. The maximum atomic E-state index is 12.5. The van der Waals surface area contributed by atoms with Gasteiger partial charge in [-0.25, -0.2) is 4.79 Å². The van der Waals surface area contributed by atoms with Crippen LogP contribution in [0.2, 0.25) is 0 Å². The predicted molar refractivity (Wildman–Crippen MR) is 100 cm³/mol. The van der Waals surface area contributed by atoms with Gasteiger partial charge in [0.15, 0.2) is 6.61 Å². The van der Waals surface area contributed by atoms with E-state index in [1.54, 1.807) is 17.0 Å². The van der Waals surface area contributed by atoms with E-state index in [4.69, 9.17) is 4.74 Å². The van der Waals surface area contributed by atoms with Gasteiger partial charge >= 0.3 is 5.97 Å². The van der Waals surface area contributed by atoms with Crippen LogP contribution in [0, 0.1) is 10.1 Å². The topological polar surface area (TPSA) is 89.8 Å². The summed E-state index contributed by atoms with van der Waals surface area (Å²) in [4.78, 5) is 36.4. The number of esters is 1. The lowest BCUT2D eigenvalue weighted by molar-refractivity contribution is -0.385. The molecule has 27 heavy (non-hydrogen) atoms. The molecule has 0 fully saturated rings. The van der Waals surface area contributed by atoms with Crippen molar-refractivity contribution in [2.75, 3.05) is 11.5 Å². The van der Waals surface area contributed by atoms with Crippen molar-refractivity contribution < 1.29 is 19.2 Å². The van der Waals surface area contributed by atoms with Gasteiger partial charge < -0.3 is 9.64 Å². The van der Waals surface area contributed by atoms with Crippen LogP contribution in [-0.2, 0) is 20.7 Å². The lowest BCUT2D eigenvalue weighted by Gasteiger charge is -2.22. The fourth-order valence-electron chi connectivity index (χ4n) is 3.15. The molecule has 7 heteroatoms. The Hall–Kier alpha value is -3.48. The minimum absolute atomic E-state index is 0.00360. The summed E-state index contributed by atoms with van der Waals surface area (Å²) in [6.07, 6.45) is 3.14. The van der Waals surface area contributed by atoms with Crippen molar-refractivity contribution in [2.24, 2.45) is 0 Å². The first kappa shape index (κ1) is 18.3. The molecule has 1 heterocycles. The van der Waals surface area contributed by atoms with E-state index in [9.17, 15) is 19.7 Å². The molecule has 0 aromatic heterocycles. The monoisotopic (exact) mass is 366 g/mol. The molecular weight excluding hydrogens is 348 g/mol. The normalized spacial score (nSPS) is 15.6. The molecule has 3 rings (SSSR count). The zero-order valence-corrected chi connectivity index (χ0v) is 14.7. The van der Waals surface area contributed by atoms with Gasteiger partial charge in [-0.15, -0.1) is 0 Å². The number of nitro benzene ring substituents is 1. The van der Waals surface area contributed by atoms with Crippen LogP contribution in [0.15, 0.2) is 54.6 Å². The molecule has 0 aliphatic carbocycles. The van der Waals surface area contributed by atoms with E-state index in [0.29, 0.717) is 0 Å². The van der Waals surface area contributed by atoms with E-state index in [-0.39, 0.29) is 23.2 Å². The number of carbonyl (C=O) groups is 2. The van der Waals surface area contributed by atoms with Gasteiger partial charge in [0.1, 0.15) is 0 Å². The Bertz CT molecular complexity index is 922. The Labute approximate surface area is 156 Å². The van der Waals surface area contributed by atoms with Crippen LogP contribution >= 0.6 is 0 Å². The van der Waals surface area contributed by atoms with Crippen LogP contribution in [0.3, 0.4) is 0 Å². The second-order valence-corrected chi connectivity index (χ2v) is 6.20. The van der Waals surface area contributed by atoms with Crippen LogP contribution in [0.25, 0.3) is 6.08 Å². The molecule has 0 spiro atoms. The number of carbonyl (C=O) groups excluding carboxylic acids is 2. The van der Waals surface area contributed by atoms with Gasteiger partial charge in [0.2, 0.25) is 0 Å². The Morgan fingerprint density at radius 1 is 1.22 bits per heavy atom. The molecule has 0 N–H and O–H groups in total. The summed E-state index contributed by atoms with van der Waals surface area (Å²) in [6, 6.07) is 13.7. The lowest BCUT2D eigenvalue weighted by Crippen LogP contribution is -2.38. The number of fused-ring (bicyclic) bond motifs is 1. The van der Waals surface area contributed by atoms with E-state index in [0.717, 1.165) is 23.7 Å². The van der Waals surface area contributed by atoms with E-state index in [2.05, 4.69) is 0 Å². The molecule has 7 nitrogen and oxygen atoms in total. The van der Waals surface area contributed by atoms with Gasteiger partial charge in [-0.1, -0.05) is 30.3 Å². The Morgan fingerprint density at radius 2 is 1.93 bits per heavy atom. The Balaban J connectivity index is 1.61. The summed E-state index contributed by atoms with van der Waals surface area (Å²) >= 11 is 0. The van der Waals surface area contributed by atoms with Crippen LogP contribution < -0.4 is 4.90 Å². The maximum Gasteiger partial charge on any atom is 0.331 e. The number of nitro groups is 1.